The molecule has 0 aliphatic heterocycles. The van der Waals surface area contributed by atoms with Crippen LogP contribution in [0.4, 0.5) is 14.5 Å². The molecule has 0 spiro atoms. The van der Waals surface area contributed by atoms with Crippen molar-refractivity contribution in [2.24, 2.45) is 0 Å². The first kappa shape index (κ1) is 17.2. The fourth-order valence-electron chi connectivity index (χ4n) is 2.09. The minimum absolute atomic E-state index is 0.0362. The Morgan fingerprint density at radius 2 is 2.04 bits per heavy atom. The van der Waals surface area contributed by atoms with Crippen LogP contribution in [0.25, 0.3) is 11.4 Å². The summed E-state index contributed by atoms with van der Waals surface area (Å²) < 4.78 is 27.5. The minimum Gasteiger partial charge on any atom is -0.324 e. The summed E-state index contributed by atoms with van der Waals surface area (Å²) in [5.41, 5.74) is 0.591. The van der Waals surface area contributed by atoms with Gasteiger partial charge in [-0.2, -0.15) is 4.80 Å². The first-order valence-electron chi connectivity index (χ1n) is 7.30. The van der Waals surface area contributed by atoms with Gasteiger partial charge >= 0.3 is 0 Å². The van der Waals surface area contributed by atoms with E-state index < -0.39 is 11.6 Å². The number of nitrogens with one attached hydrogen (secondary N) is 1. The molecule has 1 N–H and O–H groups in total. The predicted molar refractivity (Wildman–Crippen MR) is 90.6 cm³/mol. The van der Waals surface area contributed by atoms with Gasteiger partial charge in [-0.05, 0) is 35.5 Å². The quantitative estimate of drug-likeness (QED) is 0.703. The molecule has 0 fully saturated rings. The van der Waals surface area contributed by atoms with E-state index in [9.17, 15) is 13.6 Å². The molecule has 3 rings (SSSR count). The summed E-state index contributed by atoms with van der Waals surface area (Å²) in [6.07, 6.45) is 0.0362. The molecule has 9 heteroatoms. The topological polar surface area (TPSA) is 72.7 Å². The summed E-state index contributed by atoms with van der Waals surface area (Å²) in [6, 6.07) is 10.2. The fraction of sp³-hybridized carbons (Fsp3) is 0.125. The largest absolute Gasteiger partial charge is 0.324 e. The van der Waals surface area contributed by atoms with Gasteiger partial charge in [0.25, 0.3) is 0 Å². The number of amides is 1. The lowest BCUT2D eigenvalue weighted by Gasteiger charge is -2.06. The van der Waals surface area contributed by atoms with Gasteiger partial charge in [0.05, 0.1) is 12.2 Å². The number of hydrogen-bond donors (Lipinski definition) is 1. The highest BCUT2D eigenvalue weighted by Crippen LogP contribution is 2.19. The van der Waals surface area contributed by atoms with E-state index in [-0.39, 0.29) is 30.4 Å². The smallest absolute Gasteiger partial charge is 0.226 e. The molecule has 6 nitrogen and oxygen atoms in total. The van der Waals surface area contributed by atoms with Crippen LogP contribution in [0.1, 0.15) is 6.42 Å². The van der Waals surface area contributed by atoms with E-state index in [0.29, 0.717) is 10.0 Å². The highest BCUT2D eigenvalue weighted by molar-refractivity contribution is 9.10. The monoisotopic (exact) mass is 407 g/mol. The molecule has 1 amide bonds. The molecular weight excluding hydrogens is 396 g/mol. The maximum atomic E-state index is 13.7. The molecule has 25 heavy (non-hydrogen) atoms. The van der Waals surface area contributed by atoms with Crippen LogP contribution < -0.4 is 5.32 Å². The van der Waals surface area contributed by atoms with Gasteiger partial charge in [-0.1, -0.05) is 28.1 Å². The van der Waals surface area contributed by atoms with Crippen LogP contribution in [-0.4, -0.2) is 26.1 Å². The van der Waals surface area contributed by atoms with Crippen molar-refractivity contribution in [2.75, 3.05) is 5.32 Å². The first-order chi connectivity index (χ1) is 12.0. The Bertz CT molecular complexity index is 915. The Hall–Kier alpha value is -2.68. The van der Waals surface area contributed by atoms with Crippen LogP contribution in [0.15, 0.2) is 46.9 Å². The number of tetrazole rings is 1. The summed E-state index contributed by atoms with van der Waals surface area (Å²) in [5, 5.41) is 14.2. The molecule has 0 atom stereocenters. The van der Waals surface area contributed by atoms with E-state index in [1.807, 2.05) is 0 Å². The van der Waals surface area contributed by atoms with Crippen LogP contribution in [-0.2, 0) is 11.3 Å². The second-order valence-electron chi connectivity index (χ2n) is 5.14. The number of anilines is 1. The van der Waals surface area contributed by atoms with E-state index in [2.05, 4.69) is 36.7 Å². The number of aromatic nitrogens is 4. The summed E-state index contributed by atoms with van der Waals surface area (Å²) in [7, 11) is 0. The highest BCUT2D eigenvalue weighted by Gasteiger charge is 2.10. The second-order valence-corrected chi connectivity index (χ2v) is 6.06. The van der Waals surface area contributed by atoms with Gasteiger partial charge in [-0.3, -0.25) is 4.79 Å². The Balaban J connectivity index is 1.59. The Labute approximate surface area is 150 Å². The van der Waals surface area contributed by atoms with Crippen molar-refractivity contribution >= 4 is 27.5 Å². The van der Waals surface area contributed by atoms with Crippen LogP contribution in [0.5, 0.6) is 0 Å². The van der Waals surface area contributed by atoms with E-state index in [0.717, 1.165) is 0 Å². The van der Waals surface area contributed by atoms with Crippen molar-refractivity contribution in [3.63, 3.8) is 0 Å². The third-order valence-corrected chi connectivity index (χ3v) is 3.77. The molecule has 0 aliphatic rings. The number of hydrogen-bond acceptors (Lipinski definition) is 4. The number of rotatable bonds is 5. The van der Waals surface area contributed by atoms with Gasteiger partial charge in [-0.25, -0.2) is 8.78 Å². The van der Waals surface area contributed by atoms with Crippen LogP contribution in [0, 0.1) is 11.6 Å². The Morgan fingerprint density at radius 3 is 2.80 bits per heavy atom. The number of carbonyl (C=O) groups excluding carboxylic acids is 1. The van der Waals surface area contributed by atoms with E-state index in [4.69, 9.17) is 0 Å². The van der Waals surface area contributed by atoms with Crippen molar-refractivity contribution in [1.29, 1.82) is 0 Å². The third kappa shape index (κ3) is 4.44. The maximum Gasteiger partial charge on any atom is 0.226 e. The molecule has 0 unspecified atom stereocenters. The zero-order valence-electron chi connectivity index (χ0n) is 12.8. The lowest BCUT2D eigenvalue weighted by molar-refractivity contribution is -0.116. The second kappa shape index (κ2) is 7.47. The number of aryl methyl sites for hydroxylation is 1. The minimum atomic E-state index is -0.532. The fourth-order valence-corrected chi connectivity index (χ4v) is 2.42. The number of halogens is 3. The van der Waals surface area contributed by atoms with Crippen molar-refractivity contribution in [2.45, 2.75) is 13.0 Å². The molecule has 0 bridgehead atoms. The molecule has 0 saturated carbocycles. The molecule has 1 heterocycles. The lowest BCUT2D eigenvalue weighted by atomic mass is 10.2. The lowest BCUT2D eigenvalue weighted by Crippen LogP contribution is -2.16. The van der Waals surface area contributed by atoms with Crippen molar-refractivity contribution in [3.8, 4) is 11.4 Å². The molecule has 3 aromatic rings. The van der Waals surface area contributed by atoms with E-state index >= 15 is 0 Å². The van der Waals surface area contributed by atoms with Crippen LogP contribution in [0.3, 0.4) is 0 Å². The van der Waals surface area contributed by atoms with Gasteiger partial charge in [0, 0.05) is 16.5 Å². The number of nitrogens with zero attached hydrogens (tertiary/aromatic N) is 4. The van der Waals surface area contributed by atoms with Gasteiger partial charge in [0.2, 0.25) is 11.7 Å². The molecule has 1 aromatic heterocycles. The van der Waals surface area contributed by atoms with E-state index in [1.165, 1.54) is 29.1 Å². The van der Waals surface area contributed by atoms with Gasteiger partial charge in [0.1, 0.15) is 11.6 Å². The summed E-state index contributed by atoms with van der Waals surface area (Å²) in [5.74, 6) is -1.05. The maximum absolute atomic E-state index is 13.7. The normalized spacial score (nSPS) is 10.7. The third-order valence-electron chi connectivity index (χ3n) is 3.28. The predicted octanol–water partition coefficient (Wildman–Crippen LogP) is 3.41. The summed E-state index contributed by atoms with van der Waals surface area (Å²) in [4.78, 5) is 13.1. The van der Waals surface area contributed by atoms with Crippen molar-refractivity contribution in [3.05, 3.63) is 58.6 Å². The van der Waals surface area contributed by atoms with E-state index in [1.54, 1.807) is 18.2 Å². The average Bonchev–Trinajstić information content (AvgIpc) is 3.05. The number of carbonyl (C=O) groups is 1. The van der Waals surface area contributed by atoms with Gasteiger partial charge < -0.3 is 5.32 Å². The molecular formula is C16H12BrF2N5O. The SMILES string of the molecule is O=C(CCn1nnc(-c2cccc(F)c2)n1)Nc1ccc(Br)cc1F. The number of benzene rings is 2. The Morgan fingerprint density at radius 1 is 1.20 bits per heavy atom. The molecule has 0 aliphatic carbocycles. The summed E-state index contributed by atoms with van der Waals surface area (Å²) >= 11 is 3.15. The average molecular weight is 408 g/mol. The molecule has 0 radical (unpaired) electrons. The standard InChI is InChI=1S/C16H12BrF2N5O/c17-11-4-5-14(13(19)9-11)20-15(25)6-7-24-22-16(21-23-24)10-2-1-3-12(18)8-10/h1-5,8-9H,6-7H2,(H,20,25). The van der Waals surface area contributed by atoms with Crippen LogP contribution in [0.2, 0.25) is 0 Å². The zero-order chi connectivity index (χ0) is 17.8. The molecule has 128 valence electrons. The van der Waals surface area contributed by atoms with Gasteiger partial charge in [0.15, 0.2) is 0 Å². The summed E-state index contributed by atoms with van der Waals surface area (Å²) in [6.45, 7) is 0.159. The Kier molecular flexibility index (Phi) is 5.13. The first-order valence-corrected chi connectivity index (χ1v) is 8.09. The van der Waals surface area contributed by atoms with Crippen molar-refractivity contribution in [1.82, 2.24) is 20.2 Å². The van der Waals surface area contributed by atoms with Crippen molar-refractivity contribution < 1.29 is 13.6 Å². The van der Waals surface area contributed by atoms with Crippen LogP contribution >= 0.6 is 15.9 Å². The zero-order valence-corrected chi connectivity index (χ0v) is 14.4. The van der Waals surface area contributed by atoms with Gasteiger partial charge in [-0.15, -0.1) is 10.2 Å². The molecule has 0 saturated heterocycles. The molecule has 2 aromatic carbocycles. The highest BCUT2D eigenvalue weighted by atomic mass is 79.9.